The minimum absolute atomic E-state index is 0.0972. The van der Waals surface area contributed by atoms with Crippen molar-refractivity contribution < 1.29 is 17.9 Å². The minimum Gasteiger partial charge on any atom is -0.494 e. The molecule has 2 aromatic carbocycles. The van der Waals surface area contributed by atoms with E-state index in [2.05, 4.69) is 5.32 Å². The second-order valence-corrected chi connectivity index (χ2v) is 9.56. The molecule has 0 spiro atoms. The Labute approximate surface area is 183 Å². The molecular weight excluding hydrogens is 424 g/mol. The van der Waals surface area contributed by atoms with Crippen LogP contribution >= 0.6 is 11.6 Å². The van der Waals surface area contributed by atoms with Gasteiger partial charge in [0.25, 0.3) is 5.91 Å². The van der Waals surface area contributed by atoms with E-state index in [1.807, 2.05) is 31.2 Å². The van der Waals surface area contributed by atoms with Crippen molar-refractivity contribution >= 4 is 27.5 Å². The normalized spacial score (nSPS) is 15.4. The van der Waals surface area contributed by atoms with Crippen molar-refractivity contribution in [2.24, 2.45) is 0 Å². The molecule has 0 radical (unpaired) electrons. The third-order valence-electron chi connectivity index (χ3n) is 5.07. The fourth-order valence-electron chi connectivity index (χ4n) is 3.42. The van der Waals surface area contributed by atoms with Crippen LogP contribution in [-0.2, 0) is 16.6 Å². The Morgan fingerprint density at radius 2 is 1.73 bits per heavy atom. The van der Waals surface area contributed by atoms with E-state index >= 15 is 0 Å². The van der Waals surface area contributed by atoms with Crippen LogP contribution in [-0.4, -0.2) is 38.3 Å². The van der Waals surface area contributed by atoms with Crippen molar-refractivity contribution in [1.29, 1.82) is 0 Å². The molecule has 30 heavy (non-hydrogen) atoms. The number of nitrogens with zero attached hydrogens (tertiary/aromatic N) is 1. The second-order valence-electron chi connectivity index (χ2n) is 7.22. The summed E-state index contributed by atoms with van der Waals surface area (Å²) in [5, 5.41) is 3.02. The van der Waals surface area contributed by atoms with Crippen LogP contribution in [0.1, 0.15) is 48.5 Å². The van der Waals surface area contributed by atoms with Crippen LogP contribution in [0.3, 0.4) is 0 Å². The number of halogens is 1. The Morgan fingerprint density at radius 3 is 2.37 bits per heavy atom. The van der Waals surface area contributed by atoms with E-state index in [0.717, 1.165) is 37.0 Å². The average molecular weight is 451 g/mol. The van der Waals surface area contributed by atoms with E-state index in [1.54, 1.807) is 0 Å². The Bertz CT molecular complexity index is 969. The van der Waals surface area contributed by atoms with Gasteiger partial charge in [-0.2, -0.15) is 4.31 Å². The van der Waals surface area contributed by atoms with E-state index in [0.29, 0.717) is 26.2 Å². The number of rotatable bonds is 7. The summed E-state index contributed by atoms with van der Waals surface area (Å²) in [6.45, 7) is 3.81. The number of hydrogen-bond acceptors (Lipinski definition) is 4. The number of amides is 1. The first-order chi connectivity index (χ1) is 14.4. The molecule has 0 atom stereocenters. The summed E-state index contributed by atoms with van der Waals surface area (Å²) in [5.41, 5.74) is 1.05. The number of nitrogens with one attached hydrogen (secondary N) is 1. The first-order valence-corrected chi connectivity index (χ1v) is 12.0. The largest absolute Gasteiger partial charge is 0.494 e. The lowest BCUT2D eigenvalue weighted by atomic mass is 10.2. The molecule has 3 rings (SSSR count). The van der Waals surface area contributed by atoms with Gasteiger partial charge in [0.2, 0.25) is 10.0 Å². The van der Waals surface area contributed by atoms with Crippen LogP contribution in [0.15, 0.2) is 47.4 Å². The molecule has 8 heteroatoms. The molecule has 1 heterocycles. The number of ether oxygens (including phenoxy) is 1. The van der Waals surface area contributed by atoms with Gasteiger partial charge in [-0.1, -0.05) is 36.6 Å². The van der Waals surface area contributed by atoms with Crippen LogP contribution < -0.4 is 10.1 Å². The van der Waals surface area contributed by atoms with Crippen molar-refractivity contribution in [2.75, 3.05) is 19.7 Å². The first-order valence-electron chi connectivity index (χ1n) is 10.2. The van der Waals surface area contributed by atoms with Gasteiger partial charge in [0.05, 0.1) is 22.1 Å². The smallest absolute Gasteiger partial charge is 0.253 e. The topological polar surface area (TPSA) is 75.7 Å². The predicted molar refractivity (Wildman–Crippen MR) is 117 cm³/mol. The van der Waals surface area contributed by atoms with Gasteiger partial charge < -0.3 is 10.1 Å². The summed E-state index contributed by atoms with van der Waals surface area (Å²) in [6, 6.07) is 11.7. The Morgan fingerprint density at radius 1 is 1.07 bits per heavy atom. The van der Waals surface area contributed by atoms with Gasteiger partial charge in [-0.15, -0.1) is 0 Å². The molecule has 0 aromatic heterocycles. The zero-order valence-electron chi connectivity index (χ0n) is 17.1. The number of benzene rings is 2. The number of sulfonamides is 1. The quantitative estimate of drug-likeness (QED) is 0.684. The highest BCUT2D eigenvalue weighted by molar-refractivity contribution is 7.89. The SMILES string of the molecule is CCOc1ccc(CNC(=O)c2cc(S(=O)(=O)N3CCCCCC3)ccc2Cl)cc1. The molecule has 1 amide bonds. The van der Waals surface area contributed by atoms with Crippen molar-refractivity contribution in [1.82, 2.24) is 9.62 Å². The molecule has 1 N–H and O–H groups in total. The van der Waals surface area contributed by atoms with Gasteiger partial charge in [0.15, 0.2) is 0 Å². The lowest BCUT2D eigenvalue weighted by molar-refractivity contribution is 0.0951. The summed E-state index contributed by atoms with van der Waals surface area (Å²) in [6.07, 6.45) is 3.77. The van der Waals surface area contributed by atoms with Crippen LogP contribution in [0.5, 0.6) is 5.75 Å². The third kappa shape index (κ3) is 5.53. The van der Waals surface area contributed by atoms with Crippen molar-refractivity contribution in [3.63, 3.8) is 0 Å². The zero-order valence-corrected chi connectivity index (χ0v) is 18.6. The van der Waals surface area contributed by atoms with Gasteiger partial charge in [-0.25, -0.2) is 8.42 Å². The molecular formula is C22H27ClN2O4S. The van der Waals surface area contributed by atoms with Crippen LogP contribution in [0.2, 0.25) is 5.02 Å². The zero-order chi connectivity index (χ0) is 21.6. The second kappa shape index (κ2) is 10.3. The van der Waals surface area contributed by atoms with Crippen molar-refractivity contribution in [3.05, 3.63) is 58.6 Å². The molecule has 0 bridgehead atoms. The number of hydrogen-bond donors (Lipinski definition) is 1. The van der Waals surface area contributed by atoms with Crippen LogP contribution in [0.4, 0.5) is 0 Å². The third-order valence-corrected chi connectivity index (χ3v) is 7.30. The van der Waals surface area contributed by atoms with Gasteiger partial charge in [0.1, 0.15) is 5.75 Å². The fourth-order valence-corrected chi connectivity index (χ4v) is 5.16. The van der Waals surface area contributed by atoms with E-state index in [9.17, 15) is 13.2 Å². The van der Waals surface area contributed by atoms with Gasteiger partial charge in [-0.3, -0.25) is 4.79 Å². The number of carbonyl (C=O) groups excluding carboxylic acids is 1. The molecule has 1 saturated heterocycles. The molecule has 1 aliphatic rings. The first kappa shape index (κ1) is 22.6. The monoisotopic (exact) mass is 450 g/mol. The highest BCUT2D eigenvalue weighted by atomic mass is 35.5. The molecule has 162 valence electrons. The lowest BCUT2D eigenvalue weighted by Crippen LogP contribution is -2.32. The van der Waals surface area contributed by atoms with Gasteiger partial charge in [0, 0.05) is 19.6 Å². The van der Waals surface area contributed by atoms with E-state index in [-0.39, 0.29) is 15.5 Å². The summed E-state index contributed by atoms with van der Waals surface area (Å²) in [5.74, 6) is 0.351. The highest BCUT2D eigenvalue weighted by Crippen LogP contribution is 2.25. The summed E-state index contributed by atoms with van der Waals surface area (Å²) in [7, 11) is -3.65. The average Bonchev–Trinajstić information content (AvgIpc) is 3.03. The van der Waals surface area contributed by atoms with Crippen LogP contribution in [0, 0.1) is 0 Å². The van der Waals surface area contributed by atoms with E-state index in [4.69, 9.17) is 16.3 Å². The number of carbonyl (C=O) groups is 1. The Kier molecular flexibility index (Phi) is 7.75. The van der Waals surface area contributed by atoms with Crippen molar-refractivity contribution in [3.8, 4) is 5.75 Å². The summed E-state index contributed by atoms with van der Waals surface area (Å²) in [4.78, 5) is 12.8. The molecule has 1 aliphatic heterocycles. The van der Waals surface area contributed by atoms with E-state index in [1.165, 1.54) is 22.5 Å². The lowest BCUT2D eigenvalue weighted by Gasteiger charge is -2.20. The highest BCUT2D eigenvalue weighted by Gasteiger charge is 2.26. The van der Waals surface area contributed by atoms with Crippen molar-refractivity contribution in [2.45, 2.75) is 44.0 Å². The fraction of sp³-hybridized carbons (Fsp3) is 0.409. The summed E-state index contributed by atoms with van der Waals surface area (Å²) >= 11 is 6.20. The summed E-state index contributed by atoms with van der Waals surface area (Å²) < 4.78 is 33.0. The predicted octanol–water partition coefficient (Wildman–Crippen LogP) is 4.23. The molecule has 0 unspecified atom stereocenters. The molecule has 2 aromatic rings. The minimum atomic E-state index is -3.65. The van der Waals surface area contributed by atoms with Crippen LogP contribution in [0.25, 0.3) is 0 Å². The molecule has 6 nitrogen and oxygen atoms in total. The van der Waals surface area contributed by atoms with Gasteiger partial charge >= 0.3 is 0 Å². The molecule has 0 aliphatic carbocycles. The maximum atomic E-state index is 13.0. The van der Waals surface area contributed by atoms with Gasteiger partial charge in [-0.05, 0) is 55.7 Å². The maximum Gasteiger partial charge on any atom is 0.253 e. The molecule has 1 fully saturated rings. The molecule has 0 saturated carbocycles. The van der Waals surface area contributed by atoms with E-state index < -0.39 is 15.9 Å². The standard InChI is InChI=1S/C22H27ClN2O4S/c1-2-29-18-9-7-17(8-10-18)16-24-22(26)20-15-19(11-12-21(20)23)30(27,28)25-13-5-3-4-6-14-25/h7-12,15H,2-6,13-14,16H2,1H3,(H,24,26). The maximum absolute atomic E-state index is 13.0. The Hall–Kier alpha value is -2.09. The Balaban J connectivity index is 1.73.